The highest BCUT2D eigenvalue weighted by Crippen LogP contribution is 2.32. The molecular weight excluding hydrogens is 523 g/mol. The number of aryl methyl sites for hydroxylation is 2. The van der Waals surface area contributed by atoms with Gasteiger partial charge in [0, 0.05) is 17.8 Å². The molecule has 1 aliphatic rings. The first-order chi connectivity index (χ1) is 18.4. The van der Waals surface area contributed by atoms with Crippen LogP contribution in [-0.4, -0.2) is 22.2 Å². The van der Waals surface area contributed by atoms with Crippen LogP contribution in [0.1, 0.15) is 41.3 Å². The van der Waals surface area contributed by atoms with Gasteiger partial charge in [0.1, 0.15) is 5.75 Å². The Bertz CT molecular complexity index is 1550. The van der Waals surface area contributed by atoms with E-state index in [1.54, 1.807) is 42.5 Å². The summed E-state index contributed by atoms with van der Waals surface area (Å²) in [5.41, 5.74) is 3.93. The number of anilines is 2. The van der Waals surface area contributed by atoms with Gasteiger partial charge in [-0.05, 0) is 91.4 Å². The molecule has 38 heavy (non-hydrogen) atoms. The van der Waals surface area contributed by atoms with Crippen molar-refractivity contribution in [2.24, 2.45) is 0 Å². The molecule has 1 aliphatic carbocycles. The van der Waals surface area contributed by atoms with Gasteiger partial charge in [0.05, 0.1) is 21.9 Å². The topological polar surface area (TPSA) is 85.2 Å². The van der Waals surface area contributed by atoms with Crippen molar-refractivity contribution in [2.75, 3.05) is 11.9 Å². The standard InChI is InChI=1S/C29H26Cl2N4O3/c1-2-14-32-28(36)19-6-9-21(10-7-19)34-27-26(38-23-12-8-18-4-3-5-20(18)15-23)17-33-35(29(27)37)22-11-13-24(30)25(31)16-22/h6-13,15-17,34H,2-5,14H2,1H3,(H,32,36). The number of nitrogens with zero attached hydrogens (tertiary/aromatic N) is 2. The number of halogens is 2. The van der Waals surface area contributed by atoms with Gasteiger partial charge in [-0.3, -0.25) is 9.59 Å². The molecular formula is C29H26Cl2N4O3. The van der Waals surface area contributed by atoms with Crippen molar-refractivity contribution >= 4 is 40.5 Å². The van der Waals surface area contributed by atoms with Gasteiger partial charge < -0.3 is 15.4 Å². The summed E-state index contributed by atoms with van der Waals surface area (Å²) in [6.07, 6.45) is 5.54. The van der Waals surface area contributed by atoms with E-state index in [9.17, 15) is 9.59 Å². The maximum absolute atomic E-state index is 13.7. The molecule has 0 saturated carbocycles. The first-order valence-corrected chi connectivity index (χ1v) is 13.2. The fourth-order valence-electron chi connectivity index (χ4n) is 4.36. The molecule has 194 valence electrons. The second kappa shape index (κ2) is 11.3. The van der Waals surface area contributed by atoms with E-state index < -0.39 is 5.56 Å². The minimum Gasteiger partial charge on any atom is -0.453 e. The molecule has 1 aromatic heterocycles. The van der Waals surface area contributed by atoms with Crippen LogP contribution in [0.5, 0.6) is 11.5 Å². The zero-order valence-electron chi connectivity index (χ0n) is 20.8. The van der Waals surface area contributed by atoms with Crippen molar-refractivity contribution in [1.29, 1.82) is 0 Å². The van der Waals surface area contributed by atoms with E-state index in [2.05, 4.69) is 21.8 Å². The van der Waals surface area contributed by atoms with Gasteiger partial charge in [0.25, 0.3) is 11.5 Å². The van der Waals surface area contributed by atoms with E-state index in [1.165, 1.54) is 22.0 Å². The summed E-state index contributed by atoms with van der Waals surface area (Å²) in [6, 6.07) is 17.7. The number of fused-ring (bicyclic) bond motifs is 1. The van der Waals surface area contributed by atoms with Gasteiger partial charge in [-0.1, -0.05) is 36.2 Å². The molecule has 1 heterocycles. The maximum Gasteiger partial charge on any atom is 0.299 e. The SMILES string of the molecule is CCCNC(=O)c1ccc(Nc2c(Oc3ccc4c(c3)CCC4)cnn(-c3ccc(Cl)c(Cl)c3)c2=O)cc1. The first kappa shape index (κ1) is 25.8. The number of hydrogen-bond acceptors (Lipinski definition) is 5. The summed E-state index contributed by atoms with van der Waals surface area (Å²) >= 11 is 12.3. The lowest BCUT2D eigenvalue weighted by Crippen LogP contribution is -2.24. The second-order valence-electron chi connectivity index (χ2n) is 9.04. The number of benzene rings is 3. The number of rotatable bonds is 8. The smallest absolute Gasteiger partial charge is 0.299 e. The fraction of sp³-hybridized carbons (Fsp3) is 0.207. The minimum atomic E-state index is -0.438. The maximum atomic E-state index is 13.7. The molecule has 0 fully saturated rings. The monoisotopic (exact) mass is 548 g/mol. The lowest BCUT2D eigenvalue weighted by atomic mass is 10.1. The number of nitrogens with one attached hydrogen (secondary N) is 2. The van der Waals surface area contributed by atoms with Crippen molar-refractivity contribution in [3.05, 3.63) is 104 Å². The van der Waals surface area contributed by atoms with Crippen molar-refractivity contribution < 1.29 is 9.53 Å². The molecule has 0 saturated heterocycles. The third-order valence-corrected chi connectivity index (χ3v) is 7.08. The van der Waals surface area contributed by atoms with Crippen LogP contribution in [0.15, 0.2) is 71.7 Å². The lowest BCUT2D eigenvalue weighted by molar-refractivity contribution is 0.0953. The predicted octanol–water partition coefficient (Wildman–Crippen LogP) is 6.70. The molecule has 3 aromatic carbocycles. The van der Waals surface area contributed by atoms with Crippen molar-refractivity contribution in [1.82, 2.24) is 15.1 Å². The van der Waals surface area contributed by atoms with Crippen LogP contribution in [0.3, 0.4) is 0 Å². The predicted molar refractivity (Wildman–Crippen MR) is 151 cm³/mol. The third kappa shape index (κ3) is 5.54. The van der Waals surface area contributed by atoms with Gasteiger partial charge in [0.15, 0.2) is 11.4 Å². The van der Waals surface area contributed by atoms with Crippen molar-refractivity contribution in [2.45, 2.75) is 32.6 Å². The normalized spacial score (nSPS) is 12.2. The molecule has 0 bridgehead atoms. The number of carbonyl (C=O) groups is 1. The Morgan fingerprint density at radius 1 is 1.00 bits per heavy atom. The Kier molecular flexibility index (Phi) is 7.67. The van der Waals surface area contributed by atoms with Gasteiger partial charge in [-0.2, -0.15) is 9.78 Å². The van der Waals surface area contributed by atoms with E-state index in [1.807, 2.05) is 19.1 Å². The first-order valence-electron chi connectivity index (χ1n) is 12.5. The summed E-state index contributed by atoms with van der Waals surface area (Å²) in [6.45, 7) is 2.60. The summed E-state index contributed by atoms with van der Waals surface area (Å²) in [5.74, 6) is 0.754. The Morgan fingerprint density at radius 3 is 2.55 bits per heavy atom. The highest BCUT2D eigenvalue weighted by Gasteiger charge is 2.18. The molecule has 4 aromatic rings. The van der Waals surface area contributed by atoms with E-state index in [4.69, 9.17) is 27.9 Å². The zero-order valence-corrected chi connectivity index (χ0v) is 22.3. The number of amides is 1. The molecule has 2 N–H and O–H groups in total. The van der Waals surface area contributed by atoms with E-state index in [0.29, 0.717) is 39.3 Å². The summed E-state index contributed by atoms with van der Waals surface area (Å²) in [4.78, 5) is 26.0. The average Bonchev–Trinajstić information content (AvgIpc) is 3.39. The highest BCUT2D eigenvalue weighted by atomic mass is 35.5. The number of hydrogen-bond donors (Lipinski definition) is 2. The number of carbonyl (C=O) groups excluding carboxylic acids is 1. The number of aromatic nitrogens is 2. The lowest BCUT2D eigenvalue weighted by Gasteiger charge is -2.15. The van der Waals surface area contributed by atoms with Crippen LogP contribution in [0.25, 0.3) is 5.69 Å². The Morgan fingerprint density at radius 2 is 1.79 bits per heavy atom. The van der Waals surface area contributed by atoms with E-state index in [0.717, 1.165) is 25.7 Å². The molecule has 5 rings (SSSR count). The van der Waals surface area contributed by atoms with Gasteiger partial charge in [0.2, 0.25) is 0 Å². The highest BCUT2D eigenvalue weighted by molar-refractivity contribution is 6.42. The minimum absolute atomic E-state index is 0.148. The summed E-state index contributed by atoms with van der Waals surface area (Å²) in [5, 5.41) is 11.0. The average molecular weight is 549 g/mol. The van der Waals surface area contributed by atoms with Crippen molar-refractivity contribution in [3.63, 3.8) is 0 Å². The quantitative estimate of drug-likeness (QED) is 0.255. The van der Waals surface area contributed by atoms with Crippen LogP contribution < -0.4 is 20.9 Å². The third-order valence-electron chi connectivity index (χ3n) is 6.34. The largest absolute Gasteiger partial charge is 0.453 e. The number of ether oxygens (including phenoxy) is 1. The van der Waals surface area contributed by atoms with Crippen LogP contribution >= 0.6 is 23.2 Å². The zero-order chi connectivity index (χ0) is 26.6. The van der Waals surface area contributed by atoms with Gasteiger partial charge in [-0.25, -0.2) is 0 Å². The molecule has 0 unspecified atom stereocenters. The van der Waals surface area contributed by atoms with Crippen LogP contribution in [0, 0.1) is 0 Å². The molecule has 7 nitrogen and oxygen atoms in total. The Labute approximate surface area is 230 Å². The second-order valence-corrected chi connectivity index (χ2v) is 9.86. The van der Waals surface area contributed by atoms with E-state index in [-0.39, 0.29) is 17.3 Å². The summed E-state index contributed by atoms with van der Waals surface area (Å²) < 4.78 is 7.41. The van der Waals surface area contributed by atoms with E-state index >= 15 is 0 Å². The summed E-state index contributed by atoms with van der Waals surface area (Å²) in [7, 11) is 0. The Hall–Kier alpha value is -3.81. The molecule has 0 atom stereocenters. The van der Waals surface area contributed by atoms with Gasteiger partial charge in [-0.15, -0.1) is 0 Å². The molecule has 0 radical (unpaired) electrons. The molecule has 1 amide bonds. The van der Waals surface area contributed by atoms with Crippen LogP contribution in [-0.2, 0) is 12.8 Å². The Balaban J connectivity index is 1.51. The molecule has 9 heteroatoms. The van der Waals surface area contributed by atoms with Crippen LogP contribution in [0.4, 0.5) is 11.4 Å². The molecule has 0 aliphatic heterocycles. The molecule has 0 spiro atoms. The van der Waals surface area contributed by atoms with Crippen molar-refractivity contribution in [3.8, 4) is 17.2 Å². The van der Waals surface area contributed by atoms with Crippen LogP contribution in [0.2, 0.25) is 10.0 Å². The van der Waals surface area contributed by atoms with Gasteiger partial charge >= 0.3 is 0 Å². The fourth-order valence-corrected chi connectivity index (χ4v) is 4.65.